The Morgan fingerprint density at radius 2 is 1.79 bits per heavy atom. The number of amides is 1. The minimum Gasteiger partial charge on any atom is -0.494 e. The second kappa shape index (κ2) is 11.3. The Kier molecular flexibility index (Phi) is 8.79. The van der Waals surface area contributed by atoms with Crippen LogP contribution in [-0.2, 0) is 14.3 Å². The molecule has 0 aliphatic carbocycles. The summed E-state index contributed by atoms with van der Waals surface area (Å²) in [5.41, 5.74) is 0.445. The average molecular weight is 466 g/mol. The van der Waals surface area contributed by atoms with Gasteiger partial charge in [-0.05, 0) is 48.9 Å². The molecule has 2 rings (SSSR count). The van der Waals surface area contributed by atoms with Crippen molar-refractivity contribution in [1.82, 2.24) is 0 Å². The van der Waals surface area contributed by atoms with Crippen molar-refractivity contribution in [3.8, 4) is 5.75 Å². The maximum Gasteiger partial charge on any atom is 0.306 e. The molecule has 1 N–H and O–H groups in total. The summed E-state index contributed by atoms with van der Waals surface area (Å²) < 4.78 is 24.5. The summed E-state index contributed by atoms with van der Waals surface area (Å²) in [7, 11) is 0. The van der Waals surface area contributed by atoms with E-state index in [4.69, 9.17) is 9.47 Å². The van der Waals surface area contributed by atoms with E-state index < -0.39 is 24.3 Å². The molecule has 29 heavy (non-hydrogen) atoms. The van der Waals surface area contributed by atoms with Gasteiger partial charge < -0.3 is 14.8 Å². The number of benzene rings is 2. The van der Waals surface area contributed by atoms with Crippen LogP contribution in [0.3, 0.4) is 0 Å². The number of esters is 1. The molecular formula is C21H21BrFNO5. The van der Waals surface area contributed by atoms with Gasteiger partial charge in [0.1, 0.15) is 11.6 Å². The number of halogens is 2. The van der Waals surface area contributed by atoms with E-state index in [1.807, 2.05) is 6.92 Å². The van der Waals surface area contributed by atoms with Gasteiger partial charge in [-0.1, -0.05) is 22.9 Å². The van der Waals surface area contributed by atoms with E-state index in [1.165, 1.54) is 12.1 Å². The zero-order valence-corrected chi connectivity index (χ0v) is 17.5. The largest absolute Gasteiger partial charge is 0.494 e. The standard InChI is InChI=1S/C21H21BrFNO5/c1-2-11-28-16-6-3-14(4-7-16)19(25)9-10-21(27)29-13-20(26)24-18-8-5-15(22)12-17(18)23/h3-8,12H,2,9-11,13H2,1H3,(H,24,26). The second-order valence-corrected chi connectivity index (χ2v) is 7.04. The van der Waals surface area contributed by atoms with Gasteiger partial charge in [0, 0.05) is 16.5 Å². The van der Waals surface area contributed by atoms with E-state index in [2.05, 4.69) is 21.2 Å². The molecule has 2 aromatic carbocycles. The Morgan fingerprint density at radius 3 is 2.45 bits per heavy atom. The van der Waals surface area contributed by atoms with E-state index in [9.17, 15) is 18.8 Å². The molecule has 0 radical (unpaired) electrons. The molecule has 0 aliphatic rings. The van der Waals surface area contributed by atoms with Crippen LogP contribution < -0.4 is 10.1 Å². The van der Waals surface area contributed by atoms with Crippen molar-refractivity contribution in [1.29, 1.82) is 0 Å². The van der Waals surface area contributed by atoms with E-state index >= 15 is 0 Å². The van der Waals surface area contributed by atoms with Crippen molar-refractivity contribution in [2.75, 3.05) is 18.5 Å². The summed E-state index contributed by atoms with van der Waals surface area (Å²) in [4.78, 5) is 35.7. The molecule has 0 saturated carbocycles. The van der Waals surface area contributed by atoms with Crippen molar-refractivity contribution in [2.45, 2.75) is 26.2 Å². The molecule has 0 unspecified atom stereocenters. The SMILES string of the molecule is CCCOc1ccc(C(=O)CCC(=O)OCC(=O)Nc2ccc(Br)cc2F)cc1. The lowest BCUT2D eigenvalue weighted by Crippen LogP contribution is -2.21. The van der Waals surface area contributed by atoms with Crippen LogP contribution in [0.25, 0.3) is 0 Å². The fraction of sp³-hybridized carbons (Fsp3) is 0.286. The maximum absolute atomic E-state index is 13.7. The predicted molar refractivity (Wildman–Crippen MR) is 109 cm³/mol. The van der Waals surface area contributed by atoms with Gasteiger partial charge in [-0.15, -0.1) is 0 Å². The summed E-state index contributed by atoms with van der Waals surface area (Å²) in [5, 5.41) is 2.31. The summed E-state index contributed by atoms with van der Waals surface area (Å²) in [6, 6.07) is 10.8. The summed E-state index contributed by atoms with van der Waals surface area (Å²) in [5.74, 6) is -1.52. The van der Waals surface area contributed by atoms with Crippen LogP contribution in [0.15, 0.2) is 46.9 Å². The van der Waals surface area contributed by atoms with Gasteiger partial charge >= 0.3 is 5.97 Å². The third-order valence-corrected chi connectivity index (χ3v) is 4.27. The van der Waals surface area contributed by atoms with Crippen LogP contribution in [0.4, 0.5) is 10.1 Å². The number of nitrogens with one attached hydrogen (secondary N) is 1. The predicted octanol–water partition coefficient (Wildman–Crippen LogP) is 4.52. The monoisotopic (exact) mass is 465 g/mol. The van der Waals surface area contributed by atoms with E-state index in [0.717, 1.165) is 6.42 Å². The number of carbonyl (C=O) groups is 3. The third-order valence-electron chi connectivity index (χ3n) is 3.77. The molecule has 6 nitrogen and oxygen atoms in total. The number of anilines is 1. The summed E-state index contributed by atoms with van der Waals surface area (Å²) in [6.07, 6.45) is 0.683. The first kappa shape index (κ1) is 22.5. The highest BCUT2D eigenvalue weighted by Crippen LogP contribution is 2.19. The van der Waals surface area contributed by atoms with Gasteiger partial charge in [0.25, 0.3) is 5.91 Å². The minimum absolute atomic E-state index is 0.0178. The molecule has 0 atom stereocenters. The number of carbonyl (C=O) groups excluding carboxylic acids is 3. The highest BCUT2D eigenvalue weighted by atomic mass is 79.9. The van der Waals surface area contributed by atoms with Gasteiger partial charge in [-0.2, -0.15) is 0 Å². The highest BCUT2D eigenvalue weighted by molar-refractivity contribution is 9.10. The first-order valence-electron chi connectivity index (χ1n) is 9.05. The van der Waals surface area contributed by atoms with Gasteiger partial charge in [-0.3, -0.25) is 14.4 Å². The molecule has 0 aromatic heterocycles. The Balaban J connectivity index is 1.73. The van der Waals surface area contributed by atoms with Gasteiger partial charge in [0.15, 0.2) is 12.4 Å². The number of hydrogen-bond donors (Lipinski definition) is 1. The van der Waals surface area contributed by atoms with Crippen LogP contribution in [-0.4, -0.2) is 30.9 Å². The first-order valence-corrected chi connectivity index (χ1v) is 9.85. The van der Waals surface area contributed by atoms with E-state index in [-0.39, 0.29) is 24.3 Å². The van der Waals surface area contributed by atoms with Crippen molar-refractivity contribution >= 4 is 39.3 Å². The van der Waals surface area contributed by atoms with Crippen molar-refractivity contribution in [3.05, 3.63) is 58.3 Å². The quantitative estimate of drug-likeness (QED) is 0.411. The average Bonchev–Trinajstić information content (AvgIpc) is 2.71. The van der Waals surface area contributed by atoms with Crippen molar-refractivity contribution in [2.24, 2.45) is 0 Å². The number of Topliss-reactive ketones (excluding diaryl/α,β-unsaturated/α-hetero) is 1. The zero-order chi connectivity index (χ0) is 21.2. The smallest absolute Gasteiger partial charge is 0.306 e. The number of ether oxygens (including phenoxy) is 2. The Morgan fingerprint density at radius 1 is 1.07 bits per heavy atom. The molecule has 0 bridgehead atoms. The van der Waals surface area contributed by atoms with Crippen LogP contribution in [0.2, 0.25) is 0 Å². The van der Waals surface area contributed by atoms with Gasteiger partial charge in [-0.25, -0.2) is 4.39 Å². The van der Waals surface area contributed by atoms with E-state index in [0.29, 0.717) is 22.4 Å². The highest BCUT2D eigenvalue weighted by Gasteiger charge is 2.13. The Bertz CT molecular complexity index is 870. The lowest BCUT2D eigenvalue weighted by atomic mass is 10.1. The molecular weight excluding hydrogens is 445 g/mol. The number of rotatable bonds is 10. The second-order valence-electron chi connectivity index (χ2n) is 6.13. The molecule has 0 aliphatic heterocycles. The lowest BCUT2D eigenvalue weighted by Gasteiger charge is -2.08. The molecule has 2 aromatic rings. The molecule has 0 spiro atoms. The molecule has 1 amide bonds. The van der Waals surface area contributed by atoms with Crippen LogP contribution in [0.5, 0.6) is 5.75 Å². The minimum atomic E-state index is -0.687. The van der Waals surface area contributed by atoms with Crippen molar-refractivity contribution in [3.63, 3.8) is 0 Å². The fourth-order valence-corrected chi connectivity index (χ4v) is 2.65. The van der Waals surface area contributed by atoms with Gasteiger partial charge in [0.2, 0.25) is 0 Å². The van der Waals surface area contributed by atoms with Crippen LogP contribution >= 0.6 is 15.9 Å². The first-order chi connectivity index (χ1) is 13.9. The molecule has 0 fully saturated rings. The molecule has 8 heteroatoms. The fourth-order valence-electron chi connectivity index (χ4n) is 2.31. The molecule has 154 valence electrons. The zero-order valence-electron chi connectivity index (χ0n) is 15.9. The Hall–Kier alpha value is -2.74. The molecule has 0 saturated heterocycles. The van der Waals surface area contributed by atoms with Crippen LogP contribution in [0, 0.1) is 5.82 Å². The van der Waals surface area contributed by atoms with Crippen LogP contribution in [0.1, 0.15) is 36.5 Å². The molecule has 0 heterocycles. The van der Waals surface area contributed by atoms with Gasteiger partial charge in [0.05, 0.1) is 18.7 Å². The third kappa shape index (κ3) is 7.65. The maximum atomic E-state index is 13.7. The van der Waals surface area contributed by atoms with E-state index in [1.54, 1.807) is 30.3 Å². The van der Waals surface area contributed by atoms with Crippen molar-refractivity contribution < 1.29 is 28.2 Å². The number of ketones is 1. The number of hydrogen-bond acceptors (Lipinski definition) is 5. The Labute approximate surface area is 176 Å². The summed E-state index contributed by atoms with van der Waals surface area (Å²) >= 11 is 3.12. The topological polar surface area (TPSA) is 81.7 Å². The summed E-state index contributed by atoms with van der Waals surface area (Å²) in [6.45, 7) is 2.03. The lowest BCUT2D eigenvalue weighted by molar-refractivity contribution is -0.147. The normalized spacial score (nSPS) is 10.3.